The number of rotatable bonds is 3. The van der Waals surface area contributed by atoms with E-state index in [9.17, 15) is 27.9 Å². The van der Waals surface area contributed by atoms with E-state index in [1.54, 1.807) is 0 Å². The first-order valence-electron chi connectivity index (χ1n) is 7.08. The molecule has 1 aromatic heterocycles. The zero-order chi connectivity index (χ0) is 17.2. The van der Waals surface area contributed by atoms with Crippen molar-refractivity contribution in [2.45, 2.75) is 38.5 Å². The van der Waals surface area contributed by atoms with Crippen molar-refractivity contribution in [3.8, 4) is 0 Å². The van der Waals surface area contributed by atoms with Crippen molar-refractivity contribution >= 4 is 12.1 Å². The van der Waals surface area contributed by atoms with Crippen LogP contribution in [-0.4, -0.2) is 45.0 Å². The Morgan fingerprint density at radius 3 is 2.70 bits per heavy atom. The molecule has 7 nitrogen and oxygen atoms in total. The van der Waals surface area contributed by atoms with Gasteiger partial charge in [0.25, 0.3) is 0 Å². The standard InChI is InChI=1S/C13H16F3N3O4/c1-2-23-11(20)8-7-17-19(10(8)13(14,15)16)9-5-3-4-6-18(9)12(21)22/h7,9H,2-6H2,1H3,(H,21,22). The first-order valence-corrected chi connectivity index (χ1v) is 7.08. The molecule has 128 valence electrons. The van der Waals surface area contributed by atoms with Crippen LogP contribution in [0, 0.1) is 0 Å². The van der Waals surface area contributed by atoms with Gasteiger partial charge in [0.15, 0.2) is 5.69 Å². The molecule has 0 aliphatic carbocycles. The summed E-state index contributed by atoms with van der Waals surface area (Å²) in [6, 6.07) is 0. The zero-order valence-electron chi connectivity index (χ0n) is 12.3. The number of esters is 1. The Bertz CT molecular complexity index is 600. The van der Waals surface area contributed by atoms with Gasteiger partial charge in [0, 0.05) is 6.54 Å². The van der Waals surface area contributed by atoms with Crippen LogP contribution in [0.4, 0.5) is 18.0 Å². The lowest BCUT2D eigenvalue weighted by Crippen LogP contribution is -2.42. The van der Waals surface area contributed by atoms with Gasteiger partial charge in [-0.25, -0.2) is 14.3 Å². The number of piperidine rings is 1. The molecule has 1 amide bonds. The molecule has 0 aromatic carbocycles. The van der Waals surface area contributed by atoms with E-state index in [-0.39, 0.29) is 19.6 Å². The number of aromatic nitrogens is 2. The minimum absolute atomic E-state index is 0.0774. The van der Waals surface area contributed by atoms with Gasteiger partial charge in [-0.05, 0) is 26.2 Å². The lowest BCUT2D eigenvalue weighted by atomic mass is 10.1. The highest BCUT2D eigenvalue weighted by atomic mass is 19.4. The van der Waals surface area contributed by atoms with Gasteiger partial charge in [0.2, 0.25) is 0 Å². The van der Waals surface area contributed by atoms with Gasteiger partial charge in [-0.2, -0.15) is 18.3 Å². The molecule has 0 radical (unpaired) electrons. The number of ether oxygens (including phenoxy) is 1. The second kappa shape index (κ2) is 6.47. The molecular formula is C13H16F3N3O4. The molecule has 1 N–H and O–H groups in total. The first kappa shape index (κ1) is 17.1. The van der Waals surface area contributed by atoms with Gasteiger partial charge in [-0.1, -0.05) is 0 Å². The van der Waals surface area contributed by atoms with Crippen LogP contribution in [0.5, 0.6) is 0 Å². The molecule has 0 spiro atoms. The van der Waals surface area contributed by atoms with Crippen molar-refractivity contribution in [3.05, 3.63) is 17.5 Å². The van der Waals surface area contributed by atoms with Gasteiger partial charge in [-0.3, -0.25) is 4.90 Å². The molecule has 1 aliphatic heterocycles. The largest absolute Gasteiger partial charge is 0.465 e. The van der Waals surface area contributed by atoms with E-state index in [0.29, 0.717) is 17.5 Å². The van der Waals surface area contributed by atoms with E-state index in [4.69, 9.17) is 0 Å². The Hall–Kier alpha value is -2.26. The third-order valence-corrected chi connectivity index (χ3v) is 3.56. The summed E-state index contributed by atoms with van der Waals surface area (Å²) in [6.07, 6.45) is -5.18. The normalized spacial score (nSPS) is 18.8. The lowest BCUT2D eigenvalue weighted by molar-refractivity contribution is -0.147. The fraction of sp³-hybridized carbons (Fsp3) is 0.615. The van der Waals surface area contributed by atoms with Crippen molar-refractivity contribution < 1.29 is 32.6 Å². The summed E-state index contributed by atoms with van der Waals surface area (Å²) < 4.78 is 45.4. The molecule has 1 unspecified atom stereocenters. The third-order valence-electron chi connectivity index (χ3n) is 3.56. The number of likely N-dealkylation sites (tertiary alicyclic amines) is 1. The summed E-state index contributed by atoms with van der Waals surface area (Å²) in [5, 5.41) is 12.8. The van der Waals surface area contributed by atoms with Gasteiger partial charge >= 0.3 is 18.2 Å². The van der Waals surface area contributed by atoms with Crippen LogP contribution < -0.4 is 0 Å². The molecule has 2 rings (SSSR count). The zero-order valence-corrected chi connectivity index (χ0v) is 12.3. The van der Waals surface area contributed by atoms with E-state index >= 15 is 0 Å². The predicted molar refractivity (Wildman–Crippen MR) is 70.8 cm³/mol. The predicted octanol–water partition coefficient (Wildman–Crippen LogP) is 2.74. The smallest absolute Gasteiger partial charge is 0.433 e. The number of halogens is 3. The van der Waals surface area contributed by atoms with Gasteiger partial charge in [0.1, 0.15) is 11.7 Å². The highest BCUT2D eigenvalue weighted by molar-refractivity contribution is 5.90. The Morgan fingerprint density at radius 1 is 1.43 bits per heavy atom. The van der Waals surface area contributed by atoms with E-state index in [1.807, 2.05) is 0 Å². The molecule has 0 bridgehead atoms. The van der Waals surface area contributed by atoms with Gasteiger partial charge in [-0.15, -0.1) is 0 Å². The Balaban J connectivity index is 2.49. The highest BCUT2D eigenvalue weighted by Gasteiger charge is 2.43. The van der Waals surface area contributed by atoms with Crippen molar-refractivity contribution in [1.29, 1.82) is 0 Å². The maximum absolute atomic E-state index is 13.4. The van der Waals surface area contributed by atoms with Crippen LogP contribution >= 0.6 is 0 Å². The van der Waals surface area contributed by atoms with E-state index in [0.717, 1.165) is 11.1 Å². The molecule has 23 heavy (non-hydrogen) atoms. The molecule has 1 aromatic rings. The Morgan fingerprint density at radius 2 is 2.13 bits per heavy atom. The molecule has 1 fully saturated rings. The minimum Gasteiger partial charge on any atom is -0.465 e. The SMILES string of the molecule is CCOC(=O)c1cnn(C2CCCCN2C(=O)O)c1C(F)(F)F. The fourth-order valence-corrected chi connectivity index (χ4v) is 2.62. The lowest BCUT2D eigenvalue weighted by Gasteiger charge is -2.34. The average Bonchev–Trinajstić information content (AvgIpc) is 2.92. The highest BCUT2D eigenvalue weighted by Crippen LogP contribution is 2.37. The van der Waals surface area contributed by atoms with Crippen LogP contribution in [0.15, 0.2) is 6.20 Å². The Labute approximate surface area is 129 Å². The Kier molecular flexibility index (Phi) is 4.81. The summed E-state index contributed by atoms with van der Waals surface area (Å²) in [6.45, 7) is 1.51. The number of amides is 1. The number of carbonyl (C=O) groups is 2. The maximum Gasteiger partial charge on any atom is 0.433 e. The topological polar surface area (TPSA) is 84.7 Å². The quantitative estimate of drug-likeness (QED) is 0.859. The third kappa shape index (κ3) is 3.40. The van der Waals surface area contributed by atoms with Crippen molar-refractivity contribution in [3.63, 3.8) is 0 Å². The van der Waals surface area contributed by atoms with E-state index in [2.05, 4.69) is 9.84 Å². The number of carboxylic acid groups (broad SMARTS) is 1. The second-order valence-corrected chi connectivity index (χ2v) is 5.02. The number of carbonyl (C=O) groups excluding carboxylic acids is 1. The second-order valence-electron chi connectivity index (χ2n) is 5.02. The first-order chi connectivity index (χ1) is 10.8. The molecule has 1 aliphatic rings. The number of hydrogen-bond acceptors (Lipinski definition) is 4. The number of hydrogen-bond donors (Lipinski definition) is 1. The van der Waals surface area contributed by atoms with Crippen molar-refractivity contribution in [2.75, 3.05) is 13.2 Å². The van der Waals surface area contributed by atoms with E-state index in [1.165, 1.54) is 6.92 Å². The summed E-state index contributed by atoms with van der Waals surface area (Å²) >= 11 is 0. The van der Waals surface area contributed by atoms with Gasteiger partial charge < -0.3 is 9.84 Å². The number of alkyl halides is 3. The van der Waals surface area contributed by atoms with Crippen molar-refractivity contribution in [1.82, 2.24) is 14.7 Å². The molecular weight excluding hydrogens is 319 g/mol. The summed E-state index contributed by atoms with van der Waals surface area (Å²) in [4.78, 5) is 23.9. The molecule has 0 saturated carbocycles. The van der Waals surface area contributed by atoms with Crippen LogP contribution in [0.1, 0.15) is 48.4 Å². The monoisotopic (exact) mass is 335 g/mol. The van der Waals surface area contributed by atoms with Crippen LogP contribution in [-0.2, 0) is 10.9 Å². The van der Waals surface area contributed by atoms with Crippen LogP contribution in [0.2, 0.25) is 0 Å². The number of nitrogens with zero attached hydrogens (tertiary/aromatic N) is 3. The summed E-state index contributed by atoms with van der Waals surface area (Å²) in [7, 11) is 0. The fourth-order valence-electron chi connectivity index (χ4n) is 2.62. The average molecular weight is 335 g/mol. The molecule has 2 heterocycles. The van der Waals surface area contributed by atoms with Crippen LogP contribution in [0.25, 0.3) is 0 Å². The summed E-state index contributed by atoms with van der Waals surface area (Å²) in [5.41, 5.74) is -2.00. The summed E-state index contributed by atoms with van der Waals surface area (Å²) in [5.74, 6) is -1.14. The van der Waals surface area contributed by atoms with Crippen molar-refractivity contribution in [2.24, 2.45) is 0 Å². The maximum atomic E-state index is 13.4. The van der Waals surface area contributed by atoms with Gasteiger partial charge in [0.05, 0.1) is 12.8 Å². The molecule has 1 saturated heterocycles. The molecule has 1 atom stereocenters. The van der Waals surface area contributed by atoms with Crippen LogP contribution in [0.3, 0.4) is 0 Å². The minimum atomic E-state index is -4.86. The van der Waals surface area contributed by atoms with E-state index < -0.39 is 35.7 Å². The molecule has 10 heteroatoms.